The number of aliphatic hydroxyl groups excluding tert-OH is 3. The van der Waals surface area contributed by atoms with E-state index in [1.807, 2.05) is 0 Å². The highest BCUT2D eigenvalue weighted by Gasteiger charge is 2.35. The lowest BCUT2D eigenvalue weighted by atomic mass is 9.87. The fourth-order valence-corrected chi connectivity index (χ4v) is 6.16. The molecule has 1 unspecified atom stereocenters. The van der Waals surface area contributed by atoms with Crippen LogP contribution in [0.25, 0.3) is 0 Å². The van der Waals surface area contributed by atoms with Crippen molar-refractivity contribution in [1.29, 1.82) is 0 Å². The molecule has 0 spiro atoms. The lowest BCUT2D eigenvalue weighted by Crippen LogP contribution is -2.37. The van der Waals surface area contributed by atoms with Crippen molar-refractivity contribution in [3.05, 3.63) is 89.5 Å². The summed E-state index contributed by atoms with van der Waals surface area (Å²) < 4.78 is 209. The van der Waals surface area contributed by atoms with Crippen molar-refractivity contribution in [2.75, 3.05) is 19.8 Å². The van der Waals surface area contributed by atoms with Gasteiger partial charge in [0.05, 0.1) is 75.5 Å². The lowest BCUT2D eigenvalue weighted by molar-refractivity contribution is -0.275. The van der Waals surface area contributed by atoms with Crippen LogP contribution in [0.1, 0.15) is 116 Å². The van der Waals surface area contributed by atoms with E-state index in [1.54, 1.807) is 62.3 Å². The molecule has 30 heteroatoms. The first kappa shape index (κ1) is 73.2. The molecule has 3 aromatic rings. The van der Waals surface area contributed by atoms with E-state index in [2.05, 4.69) is 44.4 Å². The van der Waals surface area contributed by atoms with E-state index in [1.165, 1.54) is 36.4 Å². The summed E-state index contributed by atoms with van der Waals surface area (Å²) in [7, 11) is 0. The molecule has 0 saturated carbocycles. The van der Waals surface area contributed by atoms with Crippen molar-refractivity contribution < 1.29 is 124 Å². The van der Waals surface area contributed by atoms with E-state index in [0.717, 1.165) is 36.4 Å². The van der Waals surface area contributed by atoms with Crippen LogP contribution in [0.2, 0.25) is 0 Å². The number of carbonyl (C=O) groups excluding carboxylic acids is 3. The van der Waals surface area contributed by atoms with Crippen molar-refractivity contribution in [3.8, 4) is 17.2 Å². The van der Waals surface area contributed by atoms with Crippen molar-refractivity contribution in [2.45, 2.75) is 157 Å². The van der Waals surface area contributed by atoms with Crippen molar-refractivity contribution in [3.63, 3.8) is 0 Å². The average Bonchev–Trinajstić information content (AvgIpc) is 3.28. The molecular weight excluding hydrogens is 1130 g/mol. The van der Waals surface area contributed by atoms with Crippen molar-refractivity contribution in [1.82, 2.24) is 16.0 Å². The summed E-state index contributed by atoms with van der Waals surface area (Å²) in [6, 6.07) is 10.2. The van der Waals surface area contributed by atoms with Gasteiger partial charge in [-0.25, -0.2) is 0 Å². The van der Waals surface area contributed by atoms with Gasteiger partial charge in [-0.2, -0.15) is 26.3 Å². The molecule has 0 saturated heterocycles. The molecule has 0 aliphatic heterocycles. The normalized spacial score (nSPS) is 14.7. The van der Waals surface area contributed by atoms with Gasteiger partial charge < -0.3 is 59.7 Å². The quantitative estimate of drug-likeness (QED) is 0.0464. The largest absolute Gasteiger partial charge is 0.573 e. The van der Waals surface area contributed by atoms with Crippen LogP contribution < -0.4 is 30.2 Å². The summed E-state index contributed by atoms with van der Waals surface area (Å²) in [6.07, 6.45) is -18.7. The number of amides is 3. The predicted molar refractivity (Wildman–Crippen MR) is 258 cm³/mol. The van der Waals surface area contributed by atoms with Crippen molar-refractivity contribution in [2.24, 2.45) is 16.2 Å². The Bertz CT molecular complexity index is 2100. The van der Waals surface area contributed by atoms with E-state index >= 15 is 0 Å². The second kappa shape index (κ2) is 32.1. The highest BCUT2D eigenvalue weighted by molar-refractivity contribution is 5.78. The topological polar surface area (TPSA) is 203 Å². The number of benzene rings is 3. The molecule has 462 valence electrons. The third-order valence-electron chi connectivity index (χ3n) is 10.8. The van der Waals surface area contributed by atoms with Crippen LogP contribution in [0, 0.1) is 16.2 Å². The van der Waals surface area contributed by atoms with Gasteiger partial charge in [0.25, 0.3) is 0 Å². The van der Waals surface area contributed by atoms with Crippen LogP contribution in [0.3, 0.4) is 0 Å². The van der Waals surface area contributed by atoms with E-state index in [9.17, 15) is 95.6 Å². The fraction of sp³-hybridized carbons (Fsp3) is 0.588. The number of carbonyl (C=O) groups is 3. The second-order valence-electron chi connectivity index (χ2n) is 20.8. The smallest absolute Gasteiger partial charge is 0.406 e. The molecule has 81 heavy (non-hydrogen) atoms. The number of rotatable bonds is 24. The first-order valence-electron chi connectivity index (χ1n) is 24.0. The maximum Gasteiger partial charge on any atom is 0.573 e. The highest BCUT2D eigenvalue weighted by atomic mass is 19.4. The Labute approximate surface area is 456 Å². The maximum absolute atomic E-state index is 12.4. The zero-order chi connectivity index (χ0) is 62.5. The molecule has 6 N–H and O–H groups in total. The third kappa shape index (κ3) is 33.0. The number of hydrogen-bond acceptors (Lipinski definition) is 12. The Morgan fingerprint density at radius 3 is 0.790 bits per heavy atom. The zero-order valence-corrected chi connectivity index (χ0v) is 45.1. The van der Waals surface area contributed by atoms with E-state index in [0.29, 0.717) is 0 Å². The summed E-state index contributed by atoms with van der Waals surface area (Å²) in [5, 5.41) is 37.1. The Morgan fingerprint density at radius 1 is 0.407 bits per heavy atom. The molecule has 0 heterocycles. The zero-order valence-electron chi connectivity index (χ0n) is 45.1. The van der Waals surface area contributed by atoms with E-state index in [4.69, 9.17) is 0 Å². The first-order chi connectivity index (χ1) is 36.8. The van der Waals surface area contributed by atoms with Crippen molar-refractivity contribution >= 4 is 17.7 Å². The van der Waals surface area contributed by atoms with E-state index in [-0.39, 0.29) is 36.0 Å². The number of hydrogen-bond donors (Lipinski definition) is 6. The molecule has 0 aliphatic rings. The number of ether oxygens (including phenoxy) is 6. The van der Waals surface area contributed by atoms with Gasteiger partial charge >= 0.3 is 38.9 Å². The standard InChI is InChI=1S/3C17H22F5NO4/c3*1-16(2,3)13(24)8-14(25)23-12(9-26-15(18)19)10-5-4-6-11(7-10)27-17(20,21)22/h3*4-7,12-13,15,24H,8-9H2,1-3H3,(H,23,25)/t12-,13?;12-,13+;12-,13-/m000/s1. The minimum Gasteiger partial charge on any atom is -0.406 e. The second-order valence-corrected chi connectivity index (χ2v) is 20.8. The van der Waals surface area contributed by atoms with Crippen LogP contribution >= 0.6 is 0 Å². The Balaban J connectivity index is 0.000000607. The third-order valence-corrected chi connectivity index (χ3v) is 10.8. The molecule has 3 amide bonds. The van der Waals surface area contributed by atoms with Gasteiger partial charge in [-0.15, -0.1) is 39.5 Å². The molecular formula is C51H66F15N3O12. The summed E-state index contributed by atoms with van der Waals surface area (Å²) in [6.45, 7) is 3.97. The summed E-state index contributed by atoms with van der Waals surface area (Å²) in [5.41, 5.74) is -1.53. The molecule has 3 rings (SSSR count). The van der Waals surface area contributed by atoms with Gasteiger partial charge in [0.2, 0.25) is 17.7 Å². The fourth-order valence-electron chi connectivity index (χ4n) is 6.16. The molecule has 0 fully saturated rings. The monoisotopic (exact) mass is 1200 g/mol. The minimum atomic E-state index is -4.92. The molecule has 0 bridgehead atoms. The molecule has 0 aromatic heterocycles. The maximum atomic E-state index is 12.4. The molecule has 6 atom stereocenters. The number of halogens is 15. The molecule has 0 radical (unpaired) electrons. The van der Waals surface area contributed by atoms with Gasteiger partial charge in [0.15, 0.2) is 0 Å². The summed E-state index contributed by atoms with van der Waals surface area (Å²) in [4.78, 5) is 36.4. The SMILES string of the molecule is CC(C)(C)C(O)CC(=O)N[C@@H](COC(F)F)c1cccc(OC(F)(F)F)c1.CC(C)(C)[C@@H](O)CC(=O)N[C@@H](COC(F)F)c1cccc(OC(F)(F)F)c1.CC(C)(C)[C@H](O)CC(=O)N[C@@H](COC(F)F)c1cccc(OC(F)(F)F)c1. The Kier molecular flexibility index (Phi) is 29.0. The molecule has 3 aromatic carbocycles. The first-order valence-corrected chi connectivity index (χ1v) is 24.0. The van der Waals surface area contributed by atoms with E-state index < -0.39 is 146 Å². The molecule has 15 nitrogen and oxygen atoms in total. The highest BCUT2D eigenvalue weighted by Crippen LogP contribution is 2.31. The van der Waals surface area contributed by atoms with Crippen LogP contribution in [-0.2, 0) is 28.6 Å². The average molecular weight is 1200 g/mol. The Morgan fingerprint density at radius 2 is 0.617 bits per heavy atom. The van der Waals surface area contributed by atoms with Gasteiger partial charge in [-0.05, 0) is 69.3 Å². The van der Waals surface area contributed by atoms with Crippen LogP contribution in [0.5, 0.6) is 17.2 Å². The lowest BCUT2D eigenvalue weighted by Gasteiger charge is -2.26. The number of alkyl halides is 15. The van der Waals surface area contributed by atoms with Gasteiger partial charge in [-0.3, -0.25) is 14.4 Å². The van der Waals surface area contributed by atoms with Crippen LogP contribution in [0.4, 0.5) is 65.9 Å². The summed E-state index contributed by atoms with van der Waals surface area (Å²) in [5.74, 6) is -3.68. The predicted octanol–water partition coefficient (Wildman–Crippen LogP) is 11.3. The minimum absolute atomic E-state index is 0.0796. The van der Waals surface area contributed by atoms with Crippen LogP contribution in [0.15, 0.2) is 72.8 Å². The van der Waals surface area contributed by atoms with Crippen LogP contribution in [-0.4, -0.2) is 110 Å². The van der Waals surface area contributed by atoms with Gasteiger partial charge in [0.1, 0.15) is 17.2 Å². The summed E-state index contributed by atoms with van der Waals surface area (Å²) >= 11 is 0. The van der Waals surface area contributed by atoms with Gasteiger partial charge in [-0.1, -0.05) is 98.7 Å². The number of aliphatic hydroxyl groups is 3. The number of nitrogens with one attached hydrogen (secondary N) is 3. The Hall–Kier alpha value is -5.82. The molecule has 0 aliphatic carbocycles. The van der Waals surface area contributed by atoms with Gasteiger partial charge in [0, 0.05) is 0 Å².